The molecule has 0 saturated heterocycles. The van der Waals surface area contributed by atoms with Gasteiger partial charge in [0.15, 0.2) is 11.3 Å². The molecule has 4 heterocycles. The van der Waals surface area contributed by atoms with Crippen molar-refractivity contribution in [2.24, 2.45) is 0 Å². The minimum absolute atomic E-state index is 0.788. The normalized spacial score (nSPS) is 11.1. The molecule has 0 fully saturated rings. The maximum atomic E-state index is 11.1. The van der Waals surface area contributed by atoms with Crippen molar-refractivity contribution in [3.05, 3.63) is 51.9 Å². The highest BCUT2D eigenvalue weighted by atomic mass is 32.1. The van der Waals surface area contributed by atoms with Crippen LogP contribution in [-0.4, -0.2) is 13.4 Å². The lowest BCUT2D eigenvalue weighted by atomic mass is 10.2. The van der Waals surface area contributed by atoms with Gasteiger partial charge in [0.05, 0.1) is 12.0 Å². The highest BCUT2D eigenvalue weighted by Gasteiger charge is 2.17. The molecule has 4 aromatic rings. The standard InChI is InChI=1S/C21H18O2S4/c1-11-7-14(10-22)24-20(11)16-9-13(3)21(27-16)17-8-12(2)19(26-17)15-5-6-18(23-4)25-15/h5-10H,1-4H3. The average Bonchev–Trinajstić information content (AvgIpc) is 3.40. The van der Waals surface area contributed by atoms with Gasteiger partial charge in [0.25, 0.3) is 0 Å². The van der Waals surface area contributed by atoms with Crippen LogP contribution in [-0.2, 0) is 0 Å². The van der Waals surface area contributed by atoms with Gasteiger partial charge in [-0.15, -0.1) is 34.0 Å². The van der Waals surface area contributed by atoms with Gasteiger partial charge in [-0.05, 0) is 67.8 Å². The van der Waals surface area contributed by atoms with Crippen LogP contribution in [0.2, 0.25) is 0 Å². The summed E-state index contributed by atoms with van der Waals surface area (Å²) in [5, 5.41) is 0.938. The van der Waals surface area contributed by atoms with E-state index in [9.17, 15) is 4.79 Å². The van der Waals surface area contributed by atoms with Gasteiger partial charge in [-0.25, -0.2) is 0 Å². The Morgan fingerprint density at radius 2 is 1.30 bits per heavy atom. The molecular weight excluding hydrogens is 412 g/mol. The lowest BCUT2D eigenvalue weighted by Gasteiger charge is -1.95. The fourth-order valence-corrected chi connectivity index (χ4v) is 7.70. The summed E-state index contributed by atoms with van der Waals surface area (Å²) < 4.78 is 5.34. The molecule has 0 atom stereocenters. The number of carbonyl (C=O) groups is 1. The fourth-order valence-electron chi connectivity index (χ4n) is 3.04. The first-order valence-electron chi connectivity index (χ1n) is 8.41. The number of rotatable bonds is 5. The van der Waals surface area contributed by atoms with E-state index in [1.165, 1.54) is 46.0 Å². The number of ether oxygens (including phenoxy) is 1. The molecule has 0 aliphatic carbocycles. The van der Waals surface area contributed by atoms with Gasteiger partial charge in [-0.3, -0.25) is 4.79 Å². The van der Waals surface area contributed by atoms with E-state index in [1.807, 2.05) is 34.8 Å². The molecule has 0 aliphatic heterocycles. The maximum absolute atomic E-state index is 11.1. The van der Waals surface area contributed by atoms with Gasteiger partial charge >= 0.3 is 0 Å². The van der Waals surface area contributed by atoms with E-state index >= 15 is 0 Å². The predicted octanol–water partition coefficient (Wildman–Crippen LogP) is 7.68. The van der Waals surface area contributed by atoms with E-state index in [0.29, 0.717) is 0 Å². The largest absolute Gasteiger partial charge is 0.487 e. The zero-order chi connectivity index (χ0) is 19.1. The number of thiophene rings is 4. The van der Waals surface area contributed by atoms with Crippen molar-refractivity contribution in [1.82, 2.24) is 0 Å². The predicted molar refractivity (Wildman–Crippen MR) is 120 cm³/mol. The number of methoxy groups -OCH3 is 1. The Labute approximate surface area is 174 Å². The van der Waals surface area contributed by atoms with Crippen molar-refractivity contribution in [3.63, 3.8) is 0 Å². The zero-order valence-electron chi connectivity index (χ0n) is 15.4. The van der Waals surface area contributed by atoms with Gasteiger partial charge in [0, 0.05) is 29.3 Å². The Kier molecular flexibility index (Phi) is 5.07. The van der Waals surface area contributed by atoms with Gasteiger partial charge in [-0.1, -0.05) is 11.3 Å². The average molecular weight is 431 g/mol. The first kappa shape index (κ1) is 18.6. The van der Waals surface area contributed by atoms with Crippen LogP contribution in [0.5, 0.6) is 5.06 Å². The second-order valence-corrected chi connectivity index (χ2v) is 10.6. The molecule has 4 aromatic heterocycles. The molecule has 4 rings (SSSR count). The van der Waals surface area contributed by atoms with Crippen molar-refractivity contribution in [2.45, 2.75) is 20.8 Å². The number of hydrogen-bond donors (Lipinski definition) is 0. The number of carbonyl (C=O) groups excluding carboxylic acids is 1. The molecule has 0 radical (unpaired) electrons. The SMILES string of the molecule is COc1ccc(-c2sc(-c3sc(-c4sc(C=O)cc4C)cc3C)cc2C)s1. The van der Waals surface area contributed by atoms with Crippen molar-refractivity contribution < 1.29 is 9.53 Å². The summed E-state index contributed by atoms with van der Waals surface area (Å²) in [6, 6.07) is 10.7. The smallest absolute Gasteiger partial charge is 0.173 e. The summed E-state index contributed by atoms with van der Waals surface area (Å²) in [5.41, 5.74) is 3.75. The first-order valence-corrected chi connectivity index (χ1v) is 11.7. The molecule has 0 bridgehead atoms. The van der Waals surface area contributed by atoms with Crippen molar-refractivity contribution in [2.75, 3.05) is 7.11 Å². The van der Waals surface area contributed by atoms with E-state index in [1.54, 1.807) is 29.8 Å². The van der Waals surface area contributed by atoms with Gasteiger partial charge in [-0.2, -0.15) is 0 Å². The van der Waals surface area contributed by atoms with E-state index in [0.717, 1.165) is 16.2 Å². The van der Waals surface area contributed by atoms with Crippen molar-refractivity contribution >= 4 is 51.6 Å². The lowest BCUT2D eigenvalue weighted by Crippen LogP contribution is -1.73. The summed E-state index contributed by atoms with van der Waals surface area (Å²) in [7, 11) is 1.71. The summed E-state index contributed by atoms with van der Waals surface area (Å²) >= 11 is 6.91. The minimum atomic E-state index is 0.788. The Hall–Kier alpha value is -1.73. The van der Waals surface area contributed by atoms with Crippen molar-refractivity contribution in [3.8, 4) is 34.3 Å². The van der Waals surface area contributed by atoms with Crippen LogP contribution in [0.25, 0.3) is 29.3 Å². The molecule has 0 aliphatic rings. The van der Waals surface area contributed by atoms with Crippen LogP contribution >= 0.6 is 45.3 Å². The first-order chi connectivity index (χ1) is 13.0. The zero-order valence-corrected chi connectivity index (χ0v) is 18.7. The Balaban J connectivity index is 1.74. The Morgan fingerprint density at radius 3 is 1.81 bits per heavy atom. The van der Waals surface area contributed by atoms with Crippen LogP contribution in [0.3, 0.4) is 0 Å². The van der Waals surface area contributed by atoms with Crippen molar-refractivity contribution in [1.29, 1.82) is 0 Å². The third-order valence-corrected chi connectivity index (χ3v) is 9.57. The maximum Gasteiger partial charge on any atom is 0.173 e. The fraction of sp³-hybridized carbons (Fsp3) is 0.190. The molecular formula is C21H18O2S4. The monoisotopic (exact) mass is 430 g/mol. The molecule has 138 valence electrons. The van der Waals surface area contributed by atoms with Crippen LogP contribution in [0, 0.1) is 20.8 Å². The molecule has 0 amide bonds. The molecule has 0 aromatic carbocycles. The summed E-state index contributed by atoms with van der Waals surface area (Å²) in [6.07, 6.45) is 0.937. The van der Waals surface area contributed by atoms with Crippen LogP contribution < -0.4 is 4.74 Å². The topological polar surface area (TPSA) is 26.3 Å². The molecule has 0 N–H and O–H groups in total. The minimum Gasteiger partial charge on any atom is -0.487 e. The number of aryl methyl sites for hydroxylation is 3. The molecule has 2 nitrogen and oxygen atoms in total. The van der Waals surface area contributed by atoms with E-state index in [-0.39, 0.29) is 0 Å². The Bertz CT molecular complexity index is 1120. The second-order valence-electron chi connectivity index (χ2n) is 6.35. The quantitative estimate of drug-likeness (QED) is 0.303. The number of aldehydes is 1. The summed E-state index contributed by atoms with van der Waals surface area (Å²) in [6.45, 7) is 6.41. The summed E-state index contributed by atoms with van der Waals surface area (Å²) in [5.74, 6) is 0. The molecule has 6 heteroatoms. The molecule has 0 spiro atoms. The van der Waals surface area contributed by atoms with E-state index < -0.39 is 0 Å². The van der Waals surface area contributed by atoms with Crippen LogP contribution in [0.1, 0.15) is 26.4 Å². The van der Waals surface area contributed by atoms with Crippen LogP contribution in [0.15, 0.2) is 30.3 Å². The van der Waals surface area contributed by atoms with Gasteiger partial charge in [0.1, 0.15) is 0 Å². The van der Waals surface area contributed by atoms with E-state index in [4.69, 9.17) is 4.74 Å². The van der Waals surface area contributed by atoms with Crippen LogP contribution in [0.4, 0.5) is 0 Å². The molecule has 0 saturated carbocycles. The third-order valence-electron chi connectivity index (χ3n) is 4.34. The lowest BCUT2D eigenvalue weighted by molar-refractivity contribution is 0.112. The second kappa shape index (κ2) is 7.36. The molecule has 27 heavy (non-hydrogen) atoms. The summed E-state index contributed by atoms with van der Waals surface area (Å²) in [4.78, 5) is 19.5. The highest BCUT2D eigenvalue weighted by molar-refractivity contribution is 7.29. The van der Waals surface area contributed by atoms with E-state index in [2.05, 4.69) is 39.0 Å². The highest BCUT2D eigenvalue weighted by Crippen LogP contribution is 2.47. The third kappa shape index (κ3) is 3.43. The van der Waals surface area contributed by atoms with Gasteiger partial charge in [0.2, 0.25) is 0 Å². The Morgan fingerprint density at radius 1 is 0.741 bits per heavy atom. The molecule has 0 unspecified atom stereocenters. The number of hydrogen-bond acceptors (Lipinski definition) is 6. The van der Waals surface area contributed by atoms with Gasteiger partial charge < -0.3 is 4.74 Å².